The molecule has 0 heterocycles. The fraction of sp³-hybridized carbons (Fsp3) is 0.182. The van der Waals surface area contributed by atoms with Crippen molar-refractivity contribution in [2.45, 2.75) is 6.92 Å². The number of hydrogen-bond donors (Lipinski definition) is 0. The molecule has 0 N–H and O–H groups in total. The first-order chi connectivity index (χ1) is 7.69. The largest absolute Gasteiger partial charge is 0.501 e. The zero-order chi connectivity index (χ0) is 12.0. The molecule has 5 nitrogen and oxygen atoms in total. The predicted octanol–water partition coefficient (Wildman–Crippen LogP) is 2.47. The number of rotatable bonds is 4. The van der Waals surface area contributed by atoms with Gasteiger partial charge in [0, 0.05) is 6.07 Å². The van der Waals surface area contributed by atoms with Gasteiger partial charge < -0.3 is 4.74 Å². The number of nitriles is 1. The van der Waals surface area contributed by atoms with Gasteiger partial charge in [-0.3, -0.25) is 10.1 Å². The van der Waals surface area contributed by atoms with Crippen molar-refractivity contribution in [3.8, 4) is 6.07 Å². The summed E-state index contributed by atoms with van der Waals surface area (Å²) in [5.74, 6) is 0. The van der Waals surface area contributed by atoms with Crippen LogP contribution in [0.15, 0.2) is 24.5 Å². The molecule has 0 aliphatic heterocycles. The fourth-order valence-corrected chi connectivity index (χ4v) is 1.13. The zero-order valence-corrected chi connectivity index (χ0v) is 8.71. The lowest BCUT2D eigenvalue weighted by Crippen LogP contribution is -1.92. The lowest BCUT2D eigenvalue weighted by atomic mass is 10.1. The van der Waals surface area contributed by atoms with Gasteiger partial charge in [0.05, 0.1) is 35.0 Å². The van der Waals surface area contributed by atoms with Crippen LogP contribution in [0.1, 0.15) is 18.1 Å². The Morgan fingerprint density at radius 3 is 2.94 bits per heavy atom. The van der Waals surface area contributed by atoms with Crippen LogP contribution in [-0.4, -0.2) is 11.5 Å². The molecule has 0 bridgehead atoms. The summed E-state index contributed by atoms with van der Waals surface area (Å²) in [5.41, 5.74) is 0.577. The van der Waals surface area contributed by atoms with Crippen molar-refractivity contribution in [3.63, 3.8) is 0 Å². The number of nitro benzene ring substituents is 1. The lowest BCUT2D eigenvalue weighted by Gasteiger charge is -1.98. The van der Waals surface area contributed by atoms with Crippen molar-refractivity contribution in [2.24, 2.45) is 0 Å². The molecule has 0 saturated heterocycles. The summed E-state index contributed by atoms with van der Waals surface area (Å²) < 4.78 is 4.96. The maximum atomic E-state index is 10.7. The second-order valence-corrected chi connectivity index (χ2v) is 2.90. The van der Waals surface area contributed by atoms with Gasteiger partial charge in [0.15, 0.2) is 0 Å². The molecule has 1 aromatic carbocycles. The maximum absolute atomic E-state index is 10.7. The predicted molar refractivity (Wildman–Crippen MR) is 58.5 cm³/mol. The average molecular weight is 218 g/mol. The standard InChI is InChI=1S/C11H10N2O3/c1-2-16-6-5-10-4-3-9(8-12)7-11(10)13(14)15/h3-7H,2H2,1H3/b6-5+. The minimum Gasteiger partial charge on any atom is -0.501 e. The summed E-state index contributed by atoms with van der Waals surface area (Å²) in [6, 6.07) is 6.15. The van der Waals surface area contributed by atoms with Crippen molar-refractivity contribution in [2.75, 3.05) is 6.61 Å². The summed E-state index contributed by atoms with van der Waals surface area (Å²) in [6.45, 7) is 2.32. The van der Waals surface area contributed by atoms with Crippen molar-refractivity contribution in [3.05, 3.63) is 45.7 Å². The summed E-state index contributed by atoms with van der Waals surface area (Å²) >= 11 is 0. The highest BCUT2D eigenvalue weighted by Gasteiger charge is 2.12. The molecule has 16 heavy (non-hydrogen) atoms. The first kappa shape index (κ1) is 11.7. The quantitative estimate of drug-likeness (QED) is 0.442. The highest BCUT2D eigenvalue weighted by molar-refractivity contribution is 5.62. The normalized spacial score (nSPS) is 10.0. The molecule has 0 aliphatic carbocycles. The van der Waals surface area contributed by atoms with E-state index in [4.69, 9.17) is 10.00 Å². The molecule has 1 aromatic rings. The Bertz CT molecular complexity index is 461. The molecule has 0 spiro atoms. The molecule has 0 radical (unpaired) electrons. The Morgan fingerprint density at radius 1 is 1.62 bits per heavy atom. The van der Waals surface area contributed by atoms with Crippen LogP contribution in [0.2, 0.25) is 0 Å². The third-order valence-electron chi connectivity index (χ3n) is 1.87. The molecular formula is C11H10N2O3. The van der Waals surface area contributed by atoms with Gasteiger partial charge >= 0.3 is 0 Å². The number of nitrogens with zero attached hydrogens (tertiary/aromatic N) is 2. The SMILES string of the molecule is CCO/C=C/c1ccc(C#N)cc1[N+](=O)[O-]. The summed E-state index contributed by atoms with van der Waals surface area (Å²) in [7, 11) is 0. The van der Waals surface area contributed by atoms with E-state index in [1.54, 1.807) is 0 Å². The van der Waals surface area contributed by atoms with E-state index in [0.717, 1.165) is 0 Å². The van der Waals surface area contributed by atoms with Gasteiger partial charge in [0.2, 0.25) is 0 Å². The van der Waals surface area contributed by atoms with Crippen LogP contribution < -0.4 is 0 Å². The maximum Gasteiger partial charge on any atom is 0.278 e. The first-order valence-corrected chi connectivity index (χ1v) is 4.65. The van der Waals surface area contributed by atoms with Crippen LogP contribution in [-0.2, 0) is 4.74 Å². The highest BCUT2D eigenvalue weighted by atomic mass is 16.6. The molecule has 0 aliphatic rings. The van der Waals surface area contributed by atoms with Gasteiger partial charge in [0.25, 0.3) is 5.69 Å². The topological polar surface area (TPSA) is 76.2 Å². The van der Waals surface area contributed by atoms with Gasteiger partial charge in [-0.1, -0.05) is 0 Å². The Hall–Kier alpha value is -2.35. The number of hydrogen-bond acceptors (Lipinski definition) is 4. The van der Waals surface area contributed by atoms with E-state index in [1.807, 2.05) is 13.0 Å². The lowest BCUT2D eigenvalue weighted by molar-refractivity contribution is -0.385. The van der Waals surface area contributed by atoms with Gasteiger partial charge in [-0.25, -0.2) is 0 Å². The van der Waals surface area contributed by atoms with E-state index in [9.17, 15) is 10.1 Å². The van der Waals surface area contributed by atoms with Crippen molar-refractivity contribution in [1.29, 1.82) is 5.26 Å². The monoisotopic (exact) mass is 218 g/mol. The van der Waals surface area contributed by atoms with E-state index in [2.05, 4.69) is 0 Å². The molecule has 0 atom stereocenters. The van der Waals surface area contributed by atoms with E-state index in [-0.39, 0.29) is 11.3 Å². The second kappa shape index (κ2) is 5.51. The van der Waals surface area contributed by atoms with Gasteiger partial charge in [-0.05, 0) is 25.1 Å². The highest BCUT2D eigenvalue weighted by Crippen LogP contribution is 2.21. The number of nitro groups is 1. The van der Waals surface area contributed by atoms with Crippen LogP contribution in [0, 0.1) is 21.4 Å². The Labute approximate surface area is 92.7 Å². The van der Waals surface area contributed by atoms with Gasteiger partial charge in [-0.15, -0.1) is 0 Å². The second-order valence-electron chi connectivity index (χ2n) is 2.90. The van der Waals surface area contributed by atoms with Crippen LogP contribution in [0.5, 0.6) is 0 Å². The van der Waals surface area contributed by atoms with Crippen molar-refractivity contribution >= 4 is 11.8 Å². The fourth-order valence-electron chi connectivity index (χ4n) is 1.13. The third kappa shape index (κ3) is 2.82. The Kier molecular flexibility index (Phi) is 4.04. The van der Waals surface area contributed by atoms with E-state index in [1.165, 1.54) is 30.5 Å². The molecule has 0 saturated carbocycles. The van der Waals surface area contributed by atoms with Gasteiger partial charge in [-0.2, -0.15) is 5.26 Å². The van der Waals surface area contributed by atoms with Crippen LogP contribution in [0.3, 0.4) is 0 Å². The van der Waals surface area contributed by atoms with E-state index >= 15 is 0 Å². The van der Waals surface area contributed by atoms with Crippen LogP contribution >= 0.6 is 0 Å². The smallest absolute Gasteiger partial charge is 0.278 e. The zero-order valence-electron chi connectivity index (χ0n) is 8.71. The van der Waals surface area contributed by atoms with Crippen molar-refractivity contribution < 1.29 is 9.66 Å². The number of benzene rings is 1. The minimum atomic E-state index is -0.521. The van der Waals surface area contributed by atoms with E-state index in [0.29, 0.717) is 12.2 Å². The first-order valence-electron chi connectivity index (χ1n) is 4.65. The van der Waals surface area contributed by atoms with Crippen LogP contribution in [0.4, 0.5) is 5.69 Å². The third-order valence-corrected chi connectivity index (χ3v) is 1.87. The molecule has 0 aromatic heterocycles. The van der Waals surface area contributed by atoms with E-state index < -0.39 is 4.92 Å². The molecule has 0 amide bonds. The summed E-state index contributed by atoms with van der Waals surface area (Å²) in [5, 5.41) is 19.4. The summed E-state index contributed by atoms with van der Waals surface area (Å²) in [4.78, 5) is 10.2. The molecule has 1 rings (SSSR count). The summed E-state index contributed by atoms with van der Waals surface area (Å²) in [6.07, 6.45) is 2.90. The molecule has 0 fully saturated rings. The Balaban J connectivity index is 3.09. The Morgan fingerprint density at radius 2 is 2.38 bits per heavy atom. The molecular weight excluding hydrogens is 208 g/mol. The average Bonchev–Trinajstić information content (AvgIpc) is 2.29. The van der Waals surface area contributed by atoms with Gasteiger partial charge in [0.1, 0.15) is 0 Å². The minimum absolute atomic E-state index is 0.102. The number of ether oxygens (including phenoxy) is 1. The molecule has 0 unspecified atom stereocenters. The van der Waals surface area contributed by atoms with Crippen LogP contribution in [0.25, 0.3) is 6.08 Å². The molecule has 5 heteroatoms. The van der Waals surface area contributed by atoms with Crippen molar-refractivity contribution in [1.82, 2.24) is 0 Å². The molecule has 82 valence electrons.